The summed E-state index contributed by atoms with van der Waals surface area (Å²) in [5.41, 5.74) is 8.78. The molecule has 1 aliphatic rings. The quantitative estimate of drug-likeness (QED) is 0.765. The minimum Gasteiger partial charge on any atom is -0.399 e. The second kappa shape index (κ2) is 3.74. The molecule has 1 aliphatic heterocycles. The Bertz CT molecular complexity index is 541. The molecule has 4 heteroatoms. The molecule has 2 N–H and O–H groups in total. The third kappa shape index (κ3) is 1.69. The van der Waals surface area contributed by atoms with E-state index in [-0.39, 0.29) is 5.54 Å². The van der Waals surface area contributed by atoms with Gasteiger partial charge < -0.3 is 15.0 Å². The fraction of sp³-hybridized carbons (Fsp3) is 0.462. The van der Waals surface area contributed by atoms with E-state index < -0.39 is 0 Å². The largest absolute Gasteiger partial charge is 0.399 e. The van der Waals surface area contributed by atoms with E-state index in [0.717, 1.165) is 42.8 Å². The van der Waals surface area contributed by atoms with E-state index >= 15 is 0 Å². The zero-order chi connectivity index (χ0) is 11.9. The number of nitrogens with two attached hydrogens (primary N) is 1. The molecule has 0 radical (unpaired) electrons. The first kappa shape index (κ1) is 10.6. The van der Waals surface area contributed by atoms with Crippen molar-refractivity contribution in [1.82, 2.24) is 9.55 Å². The van der Waals surface area contributed by atoms with Crippen LogP contribution in [0.3, 0.4) is 0 Å². The molecule has 1 saturated heterocycles. The molecule has 0 aliphatic carbocycles. The first-order valence-electron chi connectivity index (χ1n) is 6.00. The van der Waals surface area contributed by atoms with E-state index in [0.29, 0.717) is 0 Å². The molecule has 3 rings (SSSR count). The van der Waals surface area contributed by atoms with Gasteiger partial charge in [0, 0.05) is 24.4 Å². The van der Waals surface area contributed by atoms with Crippen molar-refractivity contribution in [3.05, 3.63) is 24.5 Å². The molecule has 1 aromatic carbocycles. The second-order valence-electron chi connectivity index (χ2n) is 4.97. The molecule has 1 aromatic heterocycles. The SMILES string of the molecule is CC1(n2cnc3cc(N)ccc32)CCOCC1. The lowest BCUT2D eigenvalue weighted by atomic mass is 9.92. The Labute approximate surface area is 100 Å². The zero-order valence-corrected chi connectivity index (χ0v) is 10.0. The van der Waals surface area contributed by atoms with E-state index in [9.17, 15) is 0 Å². The van der Waals surface area contributed by atoms with Gasteiger partial charge in [-0.1, -0.05) is 0 Å². The number of ether oxygens (including phenoxy) is 1. The topological polar surface area (TPSA) is 53.1 Å². The van der Waals surface area contributed by atoms with Crippen LogP contribution in [-0.4, -0.2) is 22.8 Å². The Morgan fingerprint density at radius 1 is 1.35 bits per heavy atom. The number of benzene rings is 1. The summed E-state index contributed by atoms with van der Waals surface area (Å²) in [6.07, 6.45) is 3.99. The lowest BCUT2D eigenvalue weighted by Crippen LogP contribution is -2.36. The fourth-order valence-corrected chi connectivity index (χ4v) is 2.51. The smallest absolute Gasteiger partial charge is 0.0963 e. The van der Waals surface area contributed by atoms with E-state index in [1.54, 1.807) is 0 Å². The first-order chi connectivity index (χ1) is 8.19. The Morgan fingerprint density at radius 3 is 2.88 bits per heavy atom. The van der Waals surface area contributed by atoms with Crippen LogP contribution < -0.4 is 5.73 Å². The summed E-state index contributed by atoms with van der Waals surface area (Å²) in [7, 11) is 0. The first-order valence-corrected chi connectivity index (χ1v) is 6.00. The number of hydrogen-bond acceptors (Lipinski definition) is 3. The van der Waals surface area contributed by atoms with Crippen LogP contribution in [0.25, 0.3) is 11.0 Å². The van der Waals surface area contributed by atoms with Crippen LogP contribution in [0.2, 0.25) is 0 Å². The highest BCUT2D eigenvalue weighted by molar-refractivity contribution is 5.79. The molecule has 2 aromatic rings. The maximum Gasteiger partial charge on any atom is 0.0963 e. The number of fused-ring (bicyclic) bond motifs is 1. The lowest BCUT2D eigenvalue weighted by Gasteiger charge is -2.35. The van der Waals surface area contributed by atoms with Crippen LogP contribution in [0.5, 0.6) is 0 Å². The number of anilines is 1. The average molecular weight is 231 g/mol. The average Bonchev–Trinajstić information content (AvgIpc) is 2.73. The minimum atomic E-state index is 0.114. The molecule has 0 unspecified atom stereocenters. The van der Waals surface area contributed by atoms with Crippen LogP contribution in [0.4, 0.5) is 5.69 Å². The third-order valence-electron chi connectivity index (χ3n) is 3.72. The van der Waals surface area contributed by atoms with Crippen molar-refractivity contribution in [1.29, 1.82) is 0 Å². The molecular formula is C13H17N3O. The number of imidazole rings is 1. The van der Waals surface area contributed by atoms with Gasteiger partial charge in [0.2, 0.25) is 0 Å². The highest BCUT2D eigenvalue weighted by Gasteiger charge is 2.30. The monoisotopic (exact) mass is 231 g/mol. The molecule has 0 saturated carbocycles. The summed E-state index contributed by atoms with van der Waals surface area (Å²) in [4.78, 5) is 4.44. The summed E-state index contributed by atoms with van der Waals surface area (Å²) < 4.78 is 7.71. The second-order valence-corrected chi connectivity index (χ2v) is 4.97. The van der Waals surface area contributed by atoms with Gasteiger partial charge in [-0.05, 0) is 38.0 Å². The minimum absolute atomic E-state index is 0.114. The molecule has 0 bridgehead atoms. The van der Waals surface area contributed by atoms with Crippen molar-refractivity contribution in [2.24, 2.45) is 0 Å². The van der Waals surface area contributed by atoms with Crippen molar-refractivity contribution in [3.8, 4) is 0 Å². The van der Waals surface area contributed by atoms with Crippen LogP contribution in [0, 0.1) is 0 Å². The van der Waals surface area contributed by atoms with E-state index in [4.69, 9.17) is 10.5 Å². The normalized spacial score (nSPS) is 19.6. The Kier molecular flexibility index (Phi) is 2.33. The zero-order valence-electron chi connectivity index (χ0n) is 10.0. The molecule has 0 atom stereocenters. The van der Waals surface area contributed by atoms with E-state index in [2.05, 4.69) is 22.5 Å². The van der Waals surface area contributed by atoms with Crippen molar-refractivity contribution >= 4 is 16.7 Å². The third-order valence-corrected chi connectivity index (χ3v) is 3.72. The molecule has 4 nitrogen and oxygen atoms in total. The van der Waals surface area contributed by atoms with Gasteiger partial charge in [0.05, 0.1) is 17.4 Å². The maximum absolute atomic E-state index is 5.78. The van der Waals surface area contributed by atoms with Crippen LogP contribution in [0.1, 0.15) is 19.8 Å². The molecule has 2 heterocycles. The Morgan fingerprint density at radius 2 is 2.12 bits per heavy atom. The molecule has 17 heavy (non-hydrogen) atoms. The van der Waals surface area contributed by atoms with Crippen molar-refractivity contribution in [3.63, 3.8) is 0 Å². The maximum atomic E-state index is 5.78. The van der Waals surface area contributed by atoms with Gasteiger partial charge in [-0.25, -0.2) is 4.98 Å². The number of rotatable bonds is 1. The summed E-state index contributed by atoms with van der Waals surface area (Å²) in [6.45, 7) is 3.92. The van der Waals surface area contributed by atoms with Crippen LogP contribution in [-0.2, 0) is 10.3 Å². The van der Waals surface area contributed by atoms with Gasteiger partial charge in [0.1, 0.15) is 0 Å². The molecule has 0 spiro atoms. The van der Waals surface area contributed by atoms with E-state index in [1.807, 2.05) is 18.5 Å². The summed E-state index contributed by atoms with van der Waals surface area (Å²) in [6, 6.07) is 5.91. The van der Waals surface area contributed by atoms with Gasteiger partial charge in [0.15, 0.2) is 0 Å². The summed E-state index contributed by atoms with van der Waals surface area (Å²) in [5.74, 6) is 0. The summed E-state index contributed by atoms with van der Waals surface area (Å²) >= 11 is 0. The van der Waals surface area contributed by atoms with Gasteiger partial charge in [-0.2, -0.15) is 0 Å². The molecule has 0 amide bonds. The predicted octanol–water partition coefficient (Wildman–Crippen LogP) is 2.14. The predicted molar refractivity (Wildman–Crippen MR) is 67.8 cm³/mol. The highest BCUT2D eigenvalue weighted by Crippen LogP contribution is 2.32. The van der Waals surface area contributed by atoms with Gasteiger partial charge in [0.25, 0.3) is 0 Å². The standard InChI is InChI=1S/C13H17N3O/c1-13(4-6-17-7-5-13)16-9-15-11-8-10(14)2-3-12(11)16/h2-3,8-9H,4-7,14H2,1H3. The molecule has 1 fully saturated rings. The number of nitrogens with zero attached hydrogens (tertiary/aromatic N) is 2. The highest BCUT2D eigenvalue weighted by atomic mass is 16.5. The Hall–Kier alpha value is -1.55. The van der Waals surface area contributed by atoms with Crippen molar-refractivity contribution in [2.45, 2.75) is 25.3 Å². The van der Waals surface area contributed by atoms with Crippen LogP contribution in [0.15, 0.2) is 24.5 Å². The fourth-order valence-electron chi connectivity index (χ4n) is 2.51. The molecule has 90 valence electrons. The number of hydrogen-bond donors (Lipinski definition) is 1. The van der Waals surface area contributed by atoms with Crippen LogP contribution >= 0.6 is 0 Å². The van der Waals surface area contributed by atoms with Crippen molar-refractivity contribution in [2.75, 3.05) is 18.9 Å². The van der Waals surface area contributed by atoms with Gasteiger partial charge in [-0.3, -0.25) is 0 Å². The van der Waals surface area contributed by atoms with E-state index in [1.165, 1.54) is 0 Å². The van der Waals surface area contributed by atoms with Gasteiger partial charge >= 0.3 is 0 Å². The molecular weight excluding hydrogens is 214 g/mol. The van der Waals surface area contributed by atoms with Crippen molar-refractivity contribution < 1.29 is 4.74 Å². The number of nitrogen functional groups attached to an aromatic ring is 1. The lowest BCUT2D eigenvalue weighted by molar-refractivity contribution is 0.0311. The number of aromatic nitrogens is 2. The Balaban J connectivity index is 2.10. The van der Waals surface area contributed by atoms with Gasteiger partial charge in [-0.15, -0.1) is 0 Å². The summed E-state index contributed by atoms with van der Waals surface area (Å²) in [5, 5.41) is 0.